The van der Waals surface area contributed by atoms with Crippen LogP contribution in [0.25, 0.3) is 0 Å². The highest BCUT2D eigenvalue weighted by atomic mass is 35.5. The van der Waals surface area contributed by atoms with Gasteiger partial charge in [-0.3, -0.25) is 4.98 Å². The molecule has 262 valence electrons. The number of nitrogens with zero attached hydrogens (tertiary/aromatic N) is 1. The van der Waals surface area contributed by atoms with Gasteiger partial charge < -0.3 is 24.6 Å². The SMILES string of the molecule is COc1ccc(COC2(C)CCc3c(OC[C@H](C)CC4Cc5ccccc5C45CCC(Nc4cccc(Cl)c4)(C(=O)O)CC5)ccnc32)cc1. The number of benzene rings is 3. The molecule has 50 heavy (non-hydrogen) atoms. The van der Waals surface area contributed by atoms with Crippen LogP contribution in [0.15, 0.2) is 85.1 Å². The molecule has 0 aliphatic heterocycles. The number of aromatic nitrogens is 1. The Balaban J connectivity index is 1.02. The fourth-order valence-corrected chi connectivity index (χ4v) is 9.08. The lowest BCUT2D eigenvalue weighted by Gasteiger charge is -2.47. The summed E-state index contributed by atoms with van der Waals surface area (Å²) in [6.07, 6.45) is 8.30. The molecule has 7 rings (SSSR count). The summed E-state index contributed by atoms with van der Waals surface area (Å²) < 4.78 is 18.4. The Morgan fingerprint density at radius 2 is 1.80 bits per heavy atom. The molecular formula is C42H47ClN2O5. The van der Waals surface area contributed by atoms with E-state index in [-0.39, 0.29) is 5.41 Å². The Kier molecular flexibility index (Phi) is 9.57. The number of fused-ring (bicyclic) bond motifs is 3. The molecule has 2 unspecified atom stereocenters. The van der Waals surface area contributed by atoms with E-state index >= 15 is 0 Å². The first-order valence-electron chi connectivity index (χ1n) is 17.9. The van der Waals surface area contributed by atoms with E-state index in [1.54, 1.807) is 19.2 Å². The lowest BCUT2D eigenvalue weighted by molar-refractivity contribution is -0.144. The molecule has 3 aromatic carbocycles. The van der Waals surface area contributed by atoms with Crippen molar-refractivity contribution in [2.45, 2.75) is 88.4 Å². The van der Waals surface area contributed by atoms with Crippen molar-refractivity contribution in [1.82, 2.24) is 4.98 Å². The highest BCUT2D eigenvalue weighted by Gasteiger charge is 2.54. The number of methoxy groups -OCH3 is 1. The van der Waals surface area contributed by atoms with Crippen molar-refractivity contribution in [3.63, 3.8) is 0 Å². The lowest BCUT2D eigenvalue weighted by atomic mass is 9.59. The van der Waals surface area contributed by atoms with Crippen molar-refractivity contribution < 1.29 is 24.1 Å². The minimum Gasteiger partial charge on any atom is -0.497 e. The molecular weight excluding hydrogens is 648 g/mol. The summed E-state index contributed by atoms with van der Waals surface area (Å²) >= 11 is 6.25. The molecule has 1 fully saturated rings. The third-order valence-electron chi connectivity index (χ3n) is 11.7. The summed E-state index contributed by atoms with van der Waals surface area (Å²) in [5, 5.41) is 14.5. The average molecular weight is 695 g/mol. The molecule has 1 heterocycles. The number of hydrogen-bond acceptors (Lipinski definition) is 6. The molecule has 2 N–H and O–H groups in total. The molecule has 7 nitrogen and oxygen atoms in total. The number of carboxylic acids is 1. The van der Waals surface area contributed by atoms with Crippen molar-refractivity contribution in [1.29, 1.82) is 0 Å². The first-order valence-corrected chi connectivity index (χ1v) is 18.2. The molecule has 0 saturated heterocycles. The van der Waals surface area contributed by atoms with Crippen LogP contribution in [-0.2, 0) is 40.0 Å². The van der Waals surface area contributed by atoms with Crippen LogP contribution in [0.3, 0.4) is 0 Å². The van der Waals surface area contributed by atoms with Gasteiger partial charge in [0.05, 0.1) is 26.0 Å². The van der Waals surface area contributed by atoms with Crippen molar-refractivity contribution in [2.75, 3.05) is 19.0 Å². The topological polar surface area (TPSA) is 89.9 Å². The van der Waals surface area contributed by atoms with Crippen molar-refractivity contribution in [3.8, 4) is 11.5 Å². The predicted octanol–water partition coefficient (Wildman–Crippen LogP) is 9.15. The van der Waals surface area contributed by atoms with Crippen LogP contribution in [0.4, 0.5) is 5.69 Å². The largest absolute Gasteiger partial charge is 0.497 e. The summed E-state index contributed by atoms with van der Waals surface area (Å²) in [6.45, 7) is 5.52. The van der Waals surface area contributed by atoms with Crippen LogP contribution in [0.5, 0.6) is 11.5 Å². The van der Waals surface area contributed by atoms with Crippen LogP contribution in [0.2, 0.25) is 5.02 Å². The first kappa shape index (κ1) is 34.4. The van der Waals surface area contributed by atoms with Gasteiger partial charge in [0.2, 0.25) is 0 Å². The number of ether oxygens (including phenoxy) is 3. The van der Waals surface area contributed by atoms with E-state index in [0.717, 1.165) is 72.5 Å². The number of rotatable bonds is 12. The number of halogens is 1. The number of anilines is 1. The number of nitrogens with one attached hydrogen (secondary N) is 1. The second-order valence-corrected chi connectivity index (χ2v) is 15.3. The average Bonchev–Trinajstić information content (AvgIpc) is 3.62. The molecule has 4 aromatic rings. The smallest absolute Gasteiger partial charge is 0.329 e. The van der Waals surface area contributed by atoms with Crippen LogP contribution >= 0.6 is 11.6 Å². The minimum absolute atomic E-state index is 0.0548. The standard InChI is InChI=1S/C42H47ClN2O5/c1-28(26-49-37-16-22-44-38-35(37)15-17-40(38,2)50-27-29-11-13-34(48-3)14-12-29)23-31-24-30-7-4-5-10-36(30)41(31)18-20-42(21-19-41,39(46)47)45-33-9-6-8-32(43)25-33/h4-14,16,22,25,28,31,45H,15,17-21,23-24,26-27H2,1-3H3,(H,46,47)/t28-,31?,40?,41?,42?/m1/s1. The van der Waals surface area contributed by atoms with Gasteiger partial charge in [0, 0.05) is 22.5 Å². The van der Waals surface area contributed by atoms with E-state index in [9.17, 15) is 9.90 Å². The van der Waals surface area contributed by atoms with Crippen molar-refractivity contribution >= 4 is 23.3 Å². The molecule has 1 spiro atoms. The summed E-state index contributed by atoms with van der Waals surface area (Å²) in [6, 6.07) is 26.1. The monoisotopic (exact) mass is 694 g/mol. The van der Waals surface area contributed by atoms with Crippen LogP contribution < -0.4 is 14.8 Å². The third-order valence-corrected chi connectivity index (χ3v) is 11.9. The zero-order chi connectivity index (χ0) is 34.9. The number of carbonyl (C=O) groups is 1. The Hall–Kier alpha value is -4.07. The van der Waals surface area contributed by atoms with Gasteiger partial charge in [-0.15, -0.1) is 0 Å². The van der Waals surface area contributed by atoms with E-state index in [0.29, 0.717) is 42.9 Å². The highest BCUT2D eigenvalue weighted by molar-refractivity contribution is 6.30. The van der Waals surface area contributed by atoms with Gasteiger partial charge in [0.1, 0.15) is 22.6 Å². The normalized spacial score (nSPS) is 25.9. The maximum atomic E-state index is 12.8. The minimum atomic E-state index is -1.03. The second-order valence-electron chi connectivity index (χ2n) is 14.9. The number of pyridine rings is 1. The molecule has 3 aliphatic rings. The van der Waals surface area contributed by atoms with E-state index in [1.807, 2.05) is 48.7 Å². The summed E-state index contributed by atoms with van der Waals surface area (Å²) in [4.78, 5) is 17.6. The Labute approximate surface area is 300 Å². The van der Waals surface area contributed by atoms with Gasteiger partial charge in [0.25, 0.3) is 0 Å². The van der Waals surface area contributed by atoms with Crippen molar-refractivity contribution in [3.05, 3.63) is 118 Å². The van der Waals surface area contributed by atoms with Crippen LogP contribution in [-0.4, -0.2) is 35.3 Å². The fourth-order valence-electron chi connectivity index (χ4n) is 8.89. The van der Waals surface area contributed by atoms with Gasteiger partial charge >= 0.3 is 5.97 Å². The maximum Gasteiger partial charge on any atom is 0.329 e. The Morgan fingerprint density at radius 3 is 2.54 bits per heavy atom. The summed E-state index contributed by atoms with van der Waals surface area (Å²) in [5.41, 5.74) is 5.20. The van der Waals surface area contributed by atoms with Crippen LogP contribution in [0, 0.1) is 11.8 Å². The van der Waals surface area contributed by atoms with Gasteiger partial charge in [-0.05, 0) is 129 Å². The zero-order valence-electron chi connectivity index (χ0n) is 29.2. The Bertz CT molecular complexity index is 1840. The van der Waals surface area contributed by atoms with Gasteiger partial charge in [-0.25, -0.2) is 4.79 Å². The molecule has 0 radical (unpaired) electrons. The maximum absolute atomic E-state index is 12.8. The molecule has 0 bridgehead atoms. The summed E-state index contributed by atoms with van der Waals surface area (Å²) in [7, 11) is 1.67. The number of carboxylic acid groups (broad SMARTS) is 1. The first-order chi connectivity index (χ1) is 24.1. The molecule has 0 amide bonds. The van der Waals surface area contributed by atoms with Gasteiger partial charge in [-0.2, -0.15) is 0 Å². The lowest BCUT2D eigenvalue weighted by Crippen LogP contribution is -2.53. The predicted molar refractivity (Wildman–Crippen MR) is 196 cm³/mol. The molecule has 3 aliphatic carbocycles. The van der Waals surface area contributed by atoms with E-state index in [4.69, 9.17) is 30.8 Å². The molecule has 3 atom stereocenters. The fraction of sp³-hybridized carbons (Fsp3) is 0.429. The van der Waals surface area contributed by atoms with Crippen LogP contribution in [0.1, 0.15) is 80.3 Å². The van der Waals surface area contributed by atoms with Gasteiger partial charge in [0.15, 0.2) is 0 Å². The van der Waals surface area contributed by atoms with E-state index in [1.165, 1.54) is 11.1 Å². The summed E-state index contributed by atoms with van der Waals surface area (Å²) in [5.74, 6) is 1.65. The molecule has 8 heteroatoms. The second kappa shape index (κ2) is 13.9. The van der Waals surface area contributed by atoms with E-state index in [2.05, 4.69) is 43.4 Å². The quantitative estimate of drug-likeness (QED) is 0.153. The highest BCUT2D eigenvalue weighted by Crippen LogP contribution is 2.56. The third kappa shape index (κ3) is 6.58. The van der Waals surface area contributed by atoms with Crippen molar-refractivity contribution in [2.24, 2.45) is 11.8 Å². The number of hydrogen-bond donors (Lipinski definition) is 2. The Morgan fingerprint density at radius 1 is 1.02 bits per heavy atom. The van der Waals surface area contributed by atoms with E-state index < -0.39 is 17.1 Å². The number of aliphatic carboxylic acids is 1. The molecule has 1 saturated carbocycles. The molecule has 1 aromatic heterocycles. The van der Waals surface area contributed by atoms with Gasteiger partial charge in [-0.1, -0.05) is 61.0 Å². The zero-order valence-corrected chi connectivity index (χ0v) is 30.0.